The zero-order valence-electron chi connectivity index (χ0n) is 17.6. The summed E-state index contributed by atoms with van der Waals surface area (Å²) in [5.41, 5.74) is 9.99. The van der Waals surface area contributed by atoms with E-state index in [0.717, 1.165) is 16.8 Å². The normalized spacial score (nSPS) is 10.6. The number of nitrogen functional groups attached to an aromatic ring is 1. The number of benzene rings is 2. The number of fused-ring (bicyclic) bond motifs is 1. The van der Waals surface area contributed by atoms with E-state index in [-0.39, 0.29) is 5.91 Å². The summed E-state index contributed by atoms with van der Waals surface area (Å²) in [6, 6.07) is 17.0. The van der Waals surface area contributed by atoms with Crippen molar-refractivity contribution in [3.05, 3.63) is 88.8 Å². The molecule has 0 atom stereocenters. The maximum Gasteiger partial charge on any atom is 0.417 e. The maximum atomic E-state index is 12.3. The Balaban J connectivity index is 1.33. The highest BCUT2D eigenvalue weighted by Gasteiger charge is 2.09. The van der Waals surface area contributed by atoms with Crippen LogP contribution in [-0.2, 0) is 6.54 Å². The van der Waals surface area contributed by atoms with Gasteiger partial charge in [0.2, 0.25) is 0 Å². The topological polar surface area (TPSA) is 119 Å². The number of hydrogen-bond donors (Lipinski definition) is 3. The van der Waals surface area contributed by atoms with E-state index < -0.39 is 6.09 Å². The van der Waals surface area contributed by atoms with Gasteiger partial charge in [-0.05, 0) is 61.0 Å². The van der Waals surface area contributed by atoms with Crippen molar-refractivity contribution in [2.45, 2.75) is 13.5 Å². The summed E-state index contributed by atoms with van der Waals surface area (Å²) in [7, 11) is 0. The lowest BCUT2D eigenvalue weighted by Gasteiger charge is -2.10. The van der Waals surface area contributed by atoms with Crippen LogP contribution in [0.2, 0.25) is 5.15 Å². The van der Waals surface area contributed by atoms with Gasteiger partial charge in [-0.15, -0.1) is 0 Å². The predicted molar refractivity (Wildman–Crippen MR) is 127 cm³/mol. The molecule has 0 saturated carbocycles. The Bertz CT molecular complexity index is 1320. The first-order chi connectivity index (χ1) is 15.9. The fourth-order valence-electron chi connectivity index (χ4n) is 3.18. The highest BCUT2D eigenvalue weighted by Crippen LogP contribution is 2.25. The number of nitrogens with zero attached hydrogens (tertiary/aromatic N) is 2. The molecule has 8 nitrogen and oxygen atoms in total. The van der Waals surface area contributed by atoms with Crippen molar-refractivity contribution in [2.75, 3.05) is 11.1 Å². The van der Waals surface area contributed by atoms with E-state index in [4.69, 9.17) is 22.1 Å². The van der Waals surface area contributed by atoms with Crippen molar-refractivity contribution in [3.63, 3.8) is 0 Å². The average molecular weight is 462 g/mol. The molecule has 166 valence electrons. The molecule has 4 aromatic rings. The van der Waals surface area contributed by atoms with Crippen LogP contribution in [0, 0.1) is 6.92 Å². The monoisotopic (exact) mass is 461 g/mol. The molecule has 0 bridgehead atoms. The molecule has 0 radical (unpaired) electrons. The fraction of sp³-hybridized carbons (Fsp3) is 0.0833. The first kappa shape index (κ1) is 22.0. The maximum absolute atomic E-state index is 12.3. The number of halogens is 1. The minimum atomic E-state index is -0.635. The van der Waals surface area contributed by atoms with Gasteiger partial charge in [0, 0.05) is 35.2 Å². The van der Waals surface area contributed by atoms with Crippen molar-refractivity contribution in [1.82, 2.24) is 15.3 Å². The van der Waals surface area contributed by atoms with Crippen LogP contribution in [0.1, 0.15) is 21.6 Å². The molecule has 9 heteroatoms. The smallest absolute Gasteiger partial charge is 0.410 e. The summed E-state index contributed by atoms with van der Waals surface area (Å²) in [5.74, 6) is 0.0969. The van der Waals surface area contributed by atoms with Gasteiger partial charge in [0.1, 0.15) is 10.9 Å². The minimum absolute atomic E-state index is 0.258. The van der Waals surface area contributed by atoms with Crippen molar-refractivity contribution in [1.29, 1.82) is 0 Å². The number of carbonyl (C=O) groups is 2. The fourth-order valence-corrected chi connectivity index (χ4v) is 3.30. The molecule has 0 saturated heterocycles. The van der Waals surface area contributed by atoms with Crippen LogP contribution in [0.5, 0.6) is 5.75 Å². The van der Waals surface area contributed by atoms with E-state index in [1.165, 1.54) is 6.20 Å². The number of aryl methyl sites for hydroxylation is 1. The van der Waals surface area contributed by atoms with E-state index in [2.05, 4.69) is 20.6 Å². The number of ether oxygens (including phenoxy) is 1. The minimum Gasteiger partial charge on any atom is -0.410 e. The molecule has 33 heavy (non-hydrogen) atoms. The Kier molecular flexibility index (Phi) is 6.37. The van der Waals surface area contributed by atoms with Gasteiger partial charge in [0.25, 0.3) is 5.91 Å². The second-order valence-corrected chi connectivity index (χ2v) is 7.68. The zero-order chi connectivity index (χ0) is 23.4. The van der Waals surface area contributed by atoms with Gasteiger partial charge in [-0.2, -0.15) is 0 Å². The van der Waals surface area contributed by atoms with Crippen molar-refractivity contribution >= 4 is 45.9 Å². The van der Waals surface area contributed by atoms with E-state index in [1.807, 2.05) is 6.92 Å². The third-order valence-corrected chi connectivity index (χ3v) is 5.02. The Morgan fingerprint density at radius 2 is 1.85 bits per heavy atom. The lowest BCUT2D eigenvalue weighted by atomic mass is 10.1. The first-order valence-electron chi connectivity index (χ1n) is 10.0. The summed E-state index contributed by atoms with van der Waals surface area (Å²) < 4.78 is 5.37. The van der Waals surface area contributed by atoms with Gasteiger partial charge in [-0.25, -0.2) is 9.78 Å². The number of rotatable bonds is 5. The van der Waals surface area contributed by atoms with Gasteiger partial charge in [0.15, 0.2) is 0 Å². The summed E-state index contributed by atoms with van der Waals surface area (Å²) in [4.78, 5) is 32.7. The molecular formula is C24H20ClN5O3. The number of pyridine rings is 2. The lowest BCUT2D eigenvalue weighted by molar-refractivity contribution is 0.0950. The number of anilines is 2. The third kappa shape index (κ3) is 5.55. The van der Waals surface area contributed by atoms with Crippen LogP contribution in [0.15, 0.2) is 66.9 Å². The van der Waals surface area contributed by atoms with Crippen molar-refractivity contribution < 1.29 is 14.3 Å². The third-order valence-electron chi connectivity index (χ3n) is 4.79. The van der Waals surface area contributed by atoms with Gasteiger partial charge in [-0.1, -0.05) is 23.7 Å². The molecular weight excluding hydrogens is 442 g/mol. The van der Waals surface area contributed by atoms with E-state index in [0.29, 0.717) is 39.8 Å². The summed E-state index contributed by atoms with van der Waals surface area (Å²) in [6.07, 6.45) is 0.779. The summed E-state index contributed by atoms with van der Waals surface area (Å²) in [5, 5.41) is 6.51. The molecule has 0 aliphatic heterocycles. The Hall–Kier alpha value is -4.17. The number of carbonyl (C=O) groups excluding carboxylic acids is 2. The van der Waals surface area contributed by atoms with Crippen LogP contribution < -0.4 is 21.1 Å². The van der Waals surface area contributed by atoms with Gasteiger partial charge >= 0.3 is 6.09 Å². The molecule has 0 aliphatic carbocycles. The van der Waals surface area contributed by atoms with Crippen LogP contribution in [0.25, 0.3) is 10.9 Å². The largest absolute Gasteiger partial charge is 0.417 e. The van der Waals surface area contributed by atoms with Gasteiger partial charge in [0.05, 0.1) is 11.1 Å². The molecule has 0 aliphatic rings. The number of amides is 2. The predicted octanol–water partition coefficient (Wildman–Crippen LogP) is 4.71. The van der Waals surface area contributed by atoms with Gasteiger partial charge < -0.3 is 15.8 Å². The first-order valence-corrected chi connectivity index (χ1v) is 10.4. The average Bonchev–Trinajstić information content (AvgIpc) is 2.79. The van der Waals surface area contributed by atoms with Crippen LogP contribution in [-0.4, -0.2) is 22.0 Å². The van der Waals surface area contributed by atoms with E-state index in [1.54, 1.807) is 60.7 Å². The SMILES string of the molecule is Cc1cc(N)c2cc(OC(=O)Nc3ccc(CNC(=O)c4ccc(Cl)nc4)cc3)ccc2n1. The second-order valence-electron chi connectivity index (χ2n) is 7.30. The highest BCUT2D eigenvalue weighted by atomic mass is 35.5. The molecule has 0 unspecified atom stereocenters. The molecule has 2 heterocycles. The molecule has 4 rings (SSSR count). The molecule has 2 amide bonds. The molecule has 0 spiro atoms. The standard InChI is InChI=1S/C24H20ClN5O3/c1-14-10-20(26)19-11-18(7-8-21(19)29-14)33-24(32)30-17-5-2-15(3-6-17)12-28-23(31)16-4-9-22(25)27-13-16/h2-11,13H,12H2,1H3,(H2,26,29)(H,28,31)(H,30,32). The number of hydrogen-bond acceptors (Lipinski definition) is 6. The van der Waals surface area contributed by atoms with E-state index in [9.17, 15) is 9.59 Å². The molecule has 4 N–H and O–H groups in total. The van der Waals surface area contributed by atoms with Gasteiger partial charge in [-0.3, -0.25) is 15.1 Å². The van der Waals surface area contributed by atoms with Crippen molar-refractivity contribution in [3.8, 4) is 5.75 Å². The Labute approximate surface area is 194 Å². The Morgan fingerprint density at radius 1 is 1.06 bits per heavy atom. The van der Waals surface area contributed by atoms with Crippen molar-refractivity contribution in [2.24, 2.45) is 0 Å². The summed E-state index contributed by atoms with van der Waals surface area (Å²) >= 11 is 5.73. The Morgan fingerprint density at radius 3 is 2.58 bits per heavy atom. The van der Waals surface area contributed by atoms with Crippen LogP contribution in [0.3, 0.4) is 0 Å². The quantitative estimate of drug-likeness (QED) is 0.370. The molecule has 0 fully saturated rings. The molecule has 2 aromatic heterocycles. The summed E-state index contributed by atoms with van der Waals surface area (Å²) in [6.45, 7) is 2.18. The van der Waals surface area contributed by atoms with Crippen LogP contribution >= 0.6 is 11.6 Å². The van der Waals surface area contributed by atoms with Crippen LogP contribution in [0.4, 0.5) is 16.2 Å². The molecule has 2 aromatic carbocycles. The zero-order valence-corrected chi connectivity index (χ0v) is 18.4. The number of aromatic nitrogens is 2. The number of nitrogens with two attached hydrogens (primary N) is 1. The second kappa shape index (κ2) is 9.54. The van der Waals surface area contributed by atoms with E-state index >= 15 is 0 Å². The number of nitrogens with one attached hydrogen (secondary N) is 2. The highest BCUT2D eigenvalue weighted by molar-refractivity contribution is 6.29. The lowest BCUT2D eigenvalue weighted by Crippen LogP contribution is -2.23.